The number of rotatable bonds is 7. The van der Waals surface area contributed by atoms with Gasteiger partial charge in [-0.2, -0.15) is 0 Å². The SMILES string of the molecule is CCCC(CC)(Pc1c(C)cccc1/C(C)=N/C)c1cc(C)ccc1O. The molecule has 140 valence electrons. The molecule has 26 heavy (non-hydrogen) atoms. The van der Waals surface area contributed by atoms with Crippen LogP contribution in [0.1, 0.15) is 62.3 Å². The monoisotopic (exact) mass is 369 g/mol. The zero-order valence-corrected chi connectivity index (χ0v) is 18.0. The van der Waals surface area contributed by atoms with Gasteiger partial charge in [-0.3, -0.25) is 4.99 Å². The number of nitrogens with zero attached hydrogens (tertiary/aromatic N) is 1. The van der Waals surface area contributed by atoms with E-state index in [0.29, 0.717) is 14.3 Å². The van der Waals surface area contributed by atoms with Crippen LogP contribution in [0.15, 0.2) is 41.4 Å². The molecule has 0 aliphatic carbocycles. The van der Waals surface area contributed by atoms with E-state index in [-0.39, 0.29) is 5.16 Å². The van der Waals surface area contributed by atoms with Crippen molar-refractivity contribution >= 4 is 19.6 Å². The summed E-state index contributed by atoms with van der Waals surface area (Å²) >= 11 is 0. The van der Waals surface area contributed by atoms with E-state index in [0.717, 1.165) is 30.5 Å². The number of phenolic OH excluding ortho intramolecular Hbond substituents is 1. The van der Waals surface area contributed by atoms with E-state index in [1.165, 1.54) is 22.0 Å². The van der Waals surface area contributed by atoms with E-state index in [2.05, 4.69) is 63.9 Å². The highest BCUT2D eigenvalue weighted by Crippen LogP contribution is 2.51. The van der Waals surface area contributed by atoms with Crippen molar-refractivity contribution in [3.05, 3.63) is 58.7 Å². The Morgan fingerprint density at radius 1 is 1.15 bits per heavy atom. The first-order chi connectivity index (χ1) is 12.4. The van der Waals surface area contributed by atoms with Crippen molar-refractivity contribution in [1.29, 1.82) is 0 Å². The Morgan fingerprint density at radius 2 is 1.88 bits per heavy atom. The van der Waals surface area contributed by atoms with E-state index < -0.39 is 0 Å². The van der Waals surface area contributed by atoms with E-state index in [9.17, 15) is 5.11 Å². The maximum atomic E-state index is 10.7. The molecule has 0 spiro atoms. The average Bonchev–Trinajstić information content (AvgIpc) is 2.64. The molecule has 0 aliphatic heterocycles. The Balaban J connectivity index is 2.66. The maximum absolute atomic E-state index is 10.7. The first-order valence-corrected chi connectivity index (χ1v) is 10.5. The minimum Gasteiger partial charge on any atom is -0.508 e. The van der Waals surface area contributed by atoms with Crippen LogP contribution < -0.4 is 5.30 Å². The van der Waals surface area contributed by atoms with Gasteiger partial charge in [-0.15, -0.1) is 0 Å². The molecule has 2 nitrogen and oxygen atoms in total. The minimum atomic E-state index is -0.0419. The molecular formula is C23H32NOP. The highest BCUT2D eigenvalue weighted by molar-refractivity contribution is 7.49. The molecule has 0 heterocycles. The topological polar surface area (TPSA) is 32.6 Å². The Bertz CT molecular complexity index is 797. The van der Waals surface area contributed by atoms with E-state index in [4.69, 9.17) is 0 Å². The number of aromatic hydroxyl groups is 1. The normalized spacial score (nSPS) is 14.8. The van der Waals surface area contributed by atoms with Crippen LogP contribution in [0.5, 0.6) is 5.75 Å². The van der Waals surface area contributed by atoms with Crippen LogP contribution >= 0.6 is 8.58 Å². The highest BCUT2D eigenvalue weighted by Gasteiger charge is 2.33. The molecule has 0 saturated heterocycles. The lowest BCUT2D eigenvalue weighted by Gasteiger charge is -2.35. The third-order valence-corrected chi connectivity index (χ3v) is 7.58. The van der Waals surface area contributed by atoms with Gasteiger partial charge < -0.3 is 5.11 Å². The third-order valence-electron chi connectivity index (χ3n) is 5.31. The van der Waals surface area contributed by atoms with Crippen LogP contribution in [0.2, 0.25) is 0 Å². The smallest absolute Gasteiger partial charge is 0.119 e. The van der Waals surface area contributed by atoms with Crippen LogP contribution in [-0.2, 0) is 5.16 Å². The summed E-state index contributed by atoms with van der Waals surface area (Å²) in [4.78, 5) is 4.44. The zero-order valence-electron chi connectivity index (χ0n) is 17.0. The summed E-state index contributed by atoms with van der Waals surface area (Å²) in [5.41, 5.74) is 5.93. The van der Waals surface area contributed by atoms with Gasteiger partial charge >= 0.3 is 0 Å². The van der Waals surface area contributed by atoms with Crippen LogP contribution in [0.3, 0.4) is 0 Å². The second-order valence-electron chi connectivity index (χ2n) is 7.14. The van der Waals surface area contributed by atoms with Crippen molar-refractivity contribution < 1.29 is 5.11 Å². The molecule has 2 rings (SSSR count). The second kappa shape index (κ2) is 8.82. The third kappa shape index (κ3) is 4.18. The van der Waals surface area contributed by atoms with Gasteiger partial charge in [0.15, 0.2) is 0 Å². The first kappa shape index (κ1) is 20.6. The number of hydrogen-bond acceptors (Lipinski definition) is 2. The number of phenols is 1. The lowest BCUT2D eigenvalue weighted by atomic mass is 9.89. The van der Waals surface area contributed by atoms with E-state index in [1.807, 2.05) is 19.2 Å². The van der Waals surface area contributed by atoms with Crippen molar-refractivity contribution in [2.75, 3.05) is 7.05 Å². The molecule has 0 radical (unpaired) electrons. The quantitative estimate of drug-likeness (QED) is 0.481. The molecular weight excluding hydrogens is 337 g/mol. The Hall–Kier alpha value is -1.66. The Labute approximate surface area is 160 Å². The molecule has 3 heteroatoms. The summed E-state index contributed by atoms with van der Waals surface area (Å²) < 4.78 is 0. The summed E-state index contributed by atoms with van der Waals surface area (Å²) in [6.07, 6.45) is 3.16. The van der Waals surface area contributed by atoms with Crippen molar-refractivity contribution in [1.82, 2.24) is 0 Å². The van der Waals surface area contributed by atoms with Crippen molar-refractivity contribution in [2.45, 2.75) is 59.0 Å². The van der Waals surface area contributed by atoms with Crippen LogP contribution in [0, 0.1) is 13.8 Å². The zero-order chi connectivity index (χ0) is 19.3. The van der Waals surface area contributed by atoms with E-state index >= 15 is 0 Å². The number of aryl methyl sites for hydroxylation is 2. The van der Waals surface area contributed by atoms with Crippen molar-refractivity contribution in [3.63, 3.8) is 0 Å². The molecule has 2 unspecified atom stereocenters. The van der Waals surface area contributed by atoms with Crippen LogP contribution in [0.4, 0.5) is 0 Å². The summed E-state index contributed by atoms with van der Waals surface area (Å²) in [6, 6.07) is 12.5. The lowest BCUT2D eigenvalue weighted by molar-refractivity contribution is 0.442. The van der Waals surface area contributed by atoms with Gasteiger partial charge in [0.25, 0.3) is 0 Å². The average molecular weight is 369 g/mol. The fourth-order valence-corrected chi connectivity index (χ4v) is 5.72. The highest BCUT2D eigenvalue weighted by atomic mass is 31.1. The molecule has 0 aliphatic rings. The summed E-state index contributed by atoms with van der Waals surface area (Å²) in [5, 5.41) is 12.0. The van der Waals surface area contributed by atoms with Gasteiger partial charge in [0.05, 0.1) is 0 Å². The predicted molar refractivity (Wildman–Crippen MR) is 117 cm³/mol. The van der Waals surface area contributed by atoms with Gasteiger partial charge in [0.1, 0.15) is 5.75 Å². The van der Waals surface area contributed by atoms with Crippen LogP contribution in [0.25, 0.3) is 0 Å². The van der Waals surface area contributed by atoms with Gasteiger partial charge in [-0.05, 0) is 50.5 Å². The lowest BCUT2D eigenvalue weighted by Crippen LogP contribution is -2.26. The van der Waals surface area contributed by atoms with Gasteiger partial charge in [0, 0.05) is 29.0 Å². The van der Waals surface area contributed by atoms with Crippen molar-refractivity contribution in [2.24, 2.45) is 4.99 Å². The van der Waals surface area contributed by atoms with Gasteiger partial charge in [-0.1, -0.05) is 64.7 Å². The molecule has 0 bridgehead atoms. The van der Waals surface area contributed by atoms with Crippen molar-refractivity contribution in [3.8, 4) is 5.75 Å². The molecule has 2 aromatic rings. The standard InChI is InChI=1S/C23H32NOP/c1-7-14-23(8-2,20-15-16(3)12-13-21(20)25)26-22-17(4)10-9-11-19(22)18(5)24-6/h9-13,15,25-26H,7-8,14H2,1-6H3/b24-18+. The molecule has 2 aromatic carbocycles. The minimum absolute atomic E-state index is 0.0419. The molecule has 1 N–H and O–H groups in total. The fraction of sp³-hybridized carbons (Fsp3) is 0.435. The molecule has 0 fully saturated rings. The Morgan fingerprint density at radius 3 is 2.50 bits per heavy atom. The second-order valence-corrected chi connectivity index (χ2v) is 8.84. The summed E-state index contributed by atoms with van der Waals surface area (Å²) in [5.74, 6) is 0.425. The number of benzene rings is 2. The number of aliphatic imine (C=N–C) groups is 1. The number of hydrogen-bond donors (Lipinski definition) is 1. The summed E-state index contributed by atoms with van der Waals surface area (Å²) in [6.45, 7) is 10.9. The fourth-order valence-electron chi connectivity index (χ4n) is 3.67. The van der Waals surface area contributed by atoms with Gasteiger partial charge in [-0.25, -0.2) is 0 Å². The van der Waals surface area contributed by atoms with Crippen LogP contribution in [-0.4, -0.2) is 17.9 Å². The largest absolute Gasteiger partial charge is 0.508 e. The first-order valence-electron chi connectivity index (χ1n) is 9.50. The molecule has 0 saturated carbocycles. The predicted octanol–water partition coefficient (Wildman–Crippen LogP) is 5.86. The maximum Gasteiger partial charge on any atom is 0.119 e. The molecule has 2 atom stereocenters. The van der Waals surface area contributed by atoms with E-state index in [1.54, 1.807) is 0 Å². The Kier molecular flexibility index (Phi) is 7.01. The molecule has 0 amide bonds. The summed E-state index contributed by atoms with van der Waals surface area (Å²) in [7, 11) is 2.45. The molecule has 0 aromatic heterocycles. The van der Waals surface area contributed by atoms with Gasteiger partial charge in [0.2, 0.25) is 0 Å².